The van der Waals surface area contributed by atoms with E-state index in [1.54, 1.807) is 0 Å². The van der Waals surface area contributed by atoms with Crippen LogP contribution in [-0.2, 0) is 10.2 Å². The standard InChI is InChI=1S/C18H25ClN2O/c19-16-4-2-15(3-5-16)18(9-10-18)13-21-17(22)6-1-14-7-11-20-12-8-14/h2-5,14,20H,1,6-13H2,(H,21,22). The van der Waals surface area contributed by atoms with Gasteiger partial charge in [0.15, 0.2) is 0 Å². The van der Waals surface area contributed by atoms with Gasteiger partial charge in [0.25, 0.3) is 0 Å². The van der Waals surface area contributed by atoms with Crippen molar-refractivity contribution in [2.75, 3.05) is 19.6 Å². The highest BCUT2D eigenvalue weighted by Gasteiger charge is 2.44. The van der Waals surface area contributed by atoms with Crippen LogP contribution in [0.5, 0.6) is 0 Å². The molecule has 3 rings (SSSR count). The maximum Gasteiger partial charge on any atom is 0.220 e. The van der Waals surface area contributed by atoms with Crippen LogP contribution in [0.3, 0.4) is 0 Å². The largest absolute Gasteiger partial charge is 0.355 e. The fourth-order valence-corrected chi connectivity index (χ4v) is 3.51. The van der Waals surface area contributed by atoms with E-state index in [2.05, 4.69) is 22.8 Å². The summed E-state index contributed by atoms with van der Waals surface area (Å²) in [5.41, 5.74) is 1.46. The molecule has 1 heterocycles. The van der Waals surface area contributed by atoms with Gasteiger partial charge in [0, 0.05) is 23.4 Å². The van der Waals surface area contributed by atoms with E-state index in [-0.39, 0.29) is 11.3 Å². The van der Waals surface area contributed by atoms with E-state index < -0.39 is 0 Å². The zero-order valence-electron chi connectivity index (χ0n) is 13.0. The first-order valence-corrected chi connectivity index (χ1v) is 8.79. The van der Waals surface area contributed by atoms with Crippen LogP contribution in [0, 0.1) is 5.92 Å². The summed E-state index contributed by atoms with van der Waals surface area (Å²) in [4.78, 5) is 12.1. The number of piperidine rings is 1. The zero-order valence-corrected chi connectivity index (χ0v) is 13.8. The lowest BCUT2D eigenvalue weighted by Gasteiger charge is -2.22. The molecule has 4 heteroatoms. The molecular formula is C18H25ClN2O. The van der Waals surface area contributed by atoms with E-state index in [4.69, 9.17) is 11.6 Å². The summed E-state index contributed by atoms with van der Waals surface area (Å²) in [5, 5.41) is 7.29. The molecule has 0 radical (unpaired) electrons. The van der Waals surface area contributed by atoms with Crippen LogP contribution in [0.25, 0.3) is 0 Å². The van der Waals surface area contributed by atoms with E-state index in [0.29, 0.717) is 6.42 Å². The molecule has 0 aromatic heterocycles. The van der Waals surface area contributed by atoms with Crippen LogP contribution in [-0.4, -0.2) is 25.5 Å². The minimum atomic E-state index is 0.162. The van der Waals surface area contributed by atoms with E-state index >= 15 is 0 Å². The Balaban J connectivity index is 1.43. The number of amides is 1. The number of halogens is 1. The lowest BCUT2D eigenvalue weighted by Crippen LogP contribution is -2.33. The number of benzene rings is 1. The van der Waals surface area contributed by atoms with E-state index in [1.165, 1.54) is 18.4 Å². The molecule has 1 aliphatic carbocycles. The molecule has 1 aromatic carbocycles. The van der Waals surface area contributed by atoms with Crippen molar-refractivity contribution in [2.24, 2.45) is 5.92 Å². The lowest BCUT2D eigenvalue weighted by atomic mass is 9.93. The van der Waals surface area contributed by atoms with Crippen molar-refractivity contribution in [3.63, 3.8) is 0 Å². The van der Waals surface area contributed by atoms with Crippen molar-refractivity contribution in [3.05, 3.63) is 34.9 Å². The third-order valence-corrected chi connectivity index (χ3v) is 5.42. The number of hydrogen-bond acceptors (Lipinski definition) is 2. The van der Waals surface area contributed by atoms with E-state index in [9.17, 15) is 4.79 Å². The molecule has 120 valence electrons. The molecule has 1 aromatic rings. The SMILES string of the molecule is O=C(CCC1CCNCC1)NCC1(c2ccc(Cl)cc2)CC1. The van der Waals surface area contributed by atoms with Gasteiger partial charge in [0.2, 0.25) is 5.91 Å². The van der Waals surface area contributed by atoms with Gasteiger partial charge in [0.05, 0.1) is 0 Å². The molecule has 1 amide bonds. The minimum Gasteiger partial charge on any atom is -0.355 e. The zero-order chi connectivity index (χ0) is 15.4. The smallest absolute Gasteiger partial charge is 0.220 e. The predicted octanol–water partition coefficient (Wildman–Crippen LogP) is 3.27. The van der Waals surface area contributed by atoms with Crippen molar-refractivity contribution < 1.29 is 4.79 Å². The molecular weight excluding hydrogens is 296 g/mol. The van der Waals surface area contributed by atoms with E-state index in [0.717, 1.165) is 49.8 Å². The van der Waals surface area contributed by atoms with Crippen LogP contribution in [0.1, 0.15) is 44.1 Å². The summed E-state index contributed by atoms with van der Waals surface area (Å²) >= 11 is 5.95. The normalized spacial score (nSPS) is 20.6. The van der Waals surface area contributed by atoms with Gasteiger partial charge in [-0.15, -0.1) is 0 Å². The minimum absolute atomic E-state index is 0.162. The maximum atomic E-state index is 12.1. The molecule has 0 atom stereocenters. The molecule has 3 nitrogen and oxygen atoms in total. The Morgan fingerprint density at radius 2 is 1.91 bits per heavy atom. The first-order valence-electron chi connectivity index (χ1n) is 8.41. The average Bonchev–Trinajstić information content (AvgIpc) is 3.34. The summed E-state index contributed by atoms with van der Waals surface area (Å²) in [7, 11) is 0. The maximum absolute atomic E-state index is 12.1. The summed E-state index contributed by atoms with van der Waals surface area (Å²) < 4.78 is 0. The fraction of sp³-hybridized carbons (Fsp3) is 0.611. The second-order valence-electron chi connectivity index (χ2n) is 6.80. The van der Waals surface area contributed by atoms with Crippen LogP contribution < -0.4 is 10.6 Å². The Labute approximate surface area is 137 Å². The Hall–Kier alpha value is -1.06. The molecule has 0 bridgehead atoms. The first kappa shape index (κ1) is 15.8. The number of carbonyl (C=O) groups is 1. The molecule has 2 N–H and O–H groups in total. The molecule has 1 saturated heterocycles. The molecule has 0 spiro atoms. The first-order chi connectivity index (χ1) is 10.7. The van der Waals surface area contributed by atoms with Crippen LogP contribution in [0.15, 0.2) is 24.3 Å². The van der Waals surface area contributed by atoms with Crippen molar-refractivity contribution in [2.45, 2.75) is 43.9 Å². The van der Waals surface area contributed by atoms with Gasteiger partial charge in [-0.3, -0.25) is 4.79 Å². The van der Waals surface area contributed by atoms with Crippen LogP contribution >= 0.6 is 11.6 Å². The highest BCUT2D eigenvalue weighted by molar-refractivity contribution is 6.30. The van der Waals surface area contributed by atoms with Crippen LogP contribution in [0.4, 0.5) is 0 Å². The topological polar surface area (TPSA) is 41.1 Å². The second kappa shape index (κ2) is 7.01. The van der Waals surface area contributed by atoms with Crippen LogP contribution in [0.2, 0.25) is 5.02 Å². The van der Waals surface area contributed by atoms with Crippen molar-refractivity contribution in [1.82, 2.24) is 10.6 Å². The summed E-state index contributed by atoms with van der Waals surface area (Å²) in [6.45, 7) is 2.97. The van der Waals surface area contributed by atoms with Gasteiger partial charge < -0.3 is 10.6 Å². The van der Waals surface area contributed by atoms with Gasteiger partial charge in [-0.05, 0) is 68.8 Å². The molecule has 0 unspecified atom stereocenters. The van der Waals surface area contributed by atoms with Gasteiger partial charge in [-0.1, -0.05) is 23.7 Å². The second-order valence-corrected chi connectivity index (χ2v) is 7.23. The number of nitrogens with one attached hydrogen (secondary N) is 2. The quantitative estimate of drug-likeness (QED) is 0.844. The Bertz CT molecular complexity index is 504. The molecule has 1 saturated carbocycles. The van der Waals surface area contributed by atoms with E-state index in [1.807, 2.05) is 12.1 Å². The van der Waals surface area contributed by atoms with Gasteiger partial charge in [-0.25, -0.2) is 0 Å². The Morgan fingerprint density at radius 1 is 1.23 bits per heavy atom. The monoisotopic (exact) mass is 320 g/mol. The van der Waals surface area contributed by atoms with Crippen molar-refractivity contribution in [1.29, 1.82) is 0 Å². The Morgan fingerprint density at radius 3 is 2.55 bits per heavy atom. The van der Waals surface area contributed by atoms with Gasteiger partial charge >= 0.3 is 0 Å². The molecule has 2 aliphatic rings. The predicted molar refractivity (Wildman–Crippen MR) is 90.2 cm³/mol. The molecule has 2 fully saturated rings. The number of carbonyl (C=O) groups excluding carboxylic acids is 1. The Kier molecular flexibility index (Phi) is 5.04. The fourth-order valence-electron chi connectivity index (χ4n) is 3.38. The molecule has 1 aliphatic heterocycles. The number of rotatable bonds is 6. The molecule has 22 heavy (non-hydrogen) atoms. The third kappa shape index (κ3) is 4.02. The van der Waals surface area contributed by atoms with Gasteiger partial charge in [-0.2, -0.15) is 0 Å². The van der Waals surface area contributed by atoms with Crippen molar-refractivity contribution in [3.8, 4) is 0 Å². The lowest BCUT2D eigenvalue weighted by molar-refractivity contribution is -0.121. The summed E-state index contributed by atoms with van der Waals surface area (Å²) in [5.74, 6) is 0.928. The highest BCUT2D eigenvalue weighted by atomic mass is 35.5. The highest BCUT2D eigenvalue weighted by Crippen LogP contribution is 2.47. The average molecular weight is 321 g/mol. The summed E-state index contributed by atoms with van der Waals surface area (Å²) in [6.07, 6.45) is 6.43. The number of hydrogen-bond donors (Lipinski definition) is 2. The van der Waals surface area contributed by atoms with Crippen molar-refractivity contribution >= 4 is 17.5 Å². The third-order valence-electron chi connectivity index (χ3n) is 5.17. The summed E-state index contributed by atoms with van der Waals surface area (Å²) in [6, 6.07) is 8.07. The van der Waals surface area contributed by atoms with Gasteiger partial charge in [0.1, 0.15) is 0 Å².